The third-order valence-corrected chi connectivity index (χ3v) is 13.2. The summed E-state index contributed by atoms with van der Waals surface area (Å²) in [5.74, 6) is 0. The lowest BCUT2D eigenvalue weighted by atomic mass is 9.70. The van der Waals surface area contributed by atoms with Crippen LogP contribution in [0.4, 0.5) is 17.1 Å². The minimum atomic E-state index is -0.437. The monoisotopic (exact) mass is 748 g/mol. The predicted octanol–water partition coefficient (Wildman–Crippen LogP) is 14.9. The van der Waals surface area contributed by atoms with E-state index in [1.165, 1.54) is 93.5 Å². The zero-order valence-electron chi connectivity index (χ0n) is 32.2. The molecule has 11 aromatic rings. The zero-order valence-corrected chi connectivity index (χ0v) is 32.2. The van der Waals surface area contributed by atoms with Crippen molar-refractivity contribution in [2.75, 3.05) is 4.90 Å². The summed E-state index contributed by atoms with van der Waals surface area (Å²) < 4.78 is 2.40. The van der Waals surface area contributed by atoms with Crippen molar-refractivity contribution in [3.63, 3.8) is 0 Å². The third-order valence-electron chi connectivity index (χ3n) is 13.2. The first kappa shape index (κ1) is 32.4. The summed E-state index contributed by atoms with van der Waals surface area (Å²) in [7, 11) is 0. The van der Waals surface area contributed by atoms with Crippen molar-refractivity contribution in [2.45, 2.75) is 5.41 Å². The second-order valence-corrected chi connectivity index (χ2v) is 16.0. The van der Waals surface area contributed by atoms with E-state index in [2.05, 4.69) is 228 Å². The minimum absolute atomic E-state index is 0.437. The van der Waals surface area contributed by atoms with Crippen LogP contribution in [0.5, 0.6) is 0 Å². The molecule has 0 bridgehead atoms. The summed E-state index contributed by atoms with van der Waals surface area (Å²) >= 11 is 0. The molecular formula is C57H36N2. The van der Waals surface area contributed by atoms with Crippen LogP contribution in [-0.2, 0) is 5.41 Å². The summed E-state index contributed by atoms with van der Waals surface area (Å²) in [6.45, 7) is 0. The van der Waals surface area contributed by atoms with Crippen molar-refractivity contribution in [3.05, 3.63) is 241 Å². The molecule has 0 aliphatic heterocycles. The van der Waals surface area contributed by atoms with Crippen molar-refractivity contribution >= 4 is 60.4 Å². The van der Waals surface area contributed by atoms with Crippen molar-refractivity contribution < 1.29 is 0 Å². The smallest absolute Gasteiger partial charge is 0.0726 e. The van der Waals surface area contributed by atoms with E-state index in [1.54, 1.807) is 0 Å². The van der Waals surface area contributed by atoms with Gasteiger partial charge in [-0.3, -0.25) is 0 Å². The van der Waals surface area contributed by atoms with Crippen LogP contribution in [0.2, 0.25) is 0 Å². The quantitative estimate of drug-likeness (QED) is 0.163. The summed E-state index contributed by atoms with van der Waals surface area (Å²) in [6.07, 6.45) is 0. The number of benzene rings is 10. The number of aromatic nitrogens is 1. The van der Waals surface area contributed by atoms with Crippen molar-refractivity contribution in [2.24, 2.45) is 0 Å². The maximum Gasteiger partial charge on any atom is 0.0726 e. The number of para-hydroxylation sites is 2. The number of nitrogens with zero attached hydrogens (tertiary/aromatic N) is 2. The molecule has 2 aliphatic rings. The Labute approximate surface area is 342 Å². The Morgan fingerprint density at radius 1 is 0.339 bits per heavy atom. The topological polar surface area (TPSA) is 8.17 Å². The van der Waals surface area contributed by atoms with Crippen molar-refractivity contribution in [1.29, 1.82) is 0 Å². The molecule has 0 amide bonds. The zero-order chi connectivity index (χ0) is 38.7. The van der Waals surface area contributed by atoms with Crippen LogP contribution in [0.15, 0.2) is 218 Å². The van der Waals surface area contributed by atoms with Crippen LogP contribution in [0, 0.1) is 0 Å². The van der Waals surface area contributed by atoms with Crippen LogP contribution >= 0.6 is 0 Å². The van der Waals surface area contributed by atoms with E-state index in [0.717, 1.165) is 17.1 Å². The van der Waals surface area contributed by atoms with Crippen LogP contribution < -0.4 is 4.90 Å². The van der Waals surface area contributed by atoms with E-state index in [9.17, 15) is 0 Å². The molecule has 10 aromatic carbocycles. The molecular weight excluding hydrogens is 713 g/mol. The molecule has 0 fully saturated rings. The summed E-state index contributed by atoms with van der Waals surface area (Å²) in [6, 6.07) is 81.2. The van der Waals surface area contributed by atoms with Crippen LogP contribution in [0.3, 0.4) is 0 Å². The van der Waals surface area contributed by atoms with E-state index in [1.807, 2.05) is 0 Å². The molecule has 2 heteroatoms. The molecule has 0 radical (unpaired) electrons. The van der Waals surface area contributed by atoms with Gasteiger partial charge in [-0.15, -0.1) is 0 Å². The average Bonchev–Trinajstić information content (AvgIpc) is 3.91. The van der Waals surface area contributed by atoms with Gasteiger partial charge in [-0.25, -0.2) is 0 Å². The van der Waals surface area contributed by atoms with E-state index >= 15 is 0 Å². The molecule has 0 N–H and O–H groups in total. The number of hydrogen-bond donors (Lipinski definition) is 0. The molecule has 1 heterocycles. The third kappa shape index (κ3) is 4.35. The number of rotatable bonds is 4. The molecule has 0 unspecified atom stereocenters. The highest BCUT2D eigenvalue weighted by molar-refractivity contribution is 6.12. The summed E-state index contributed by atoms with van der Waals surface area (Å²) in [4.78, 5) is 2.52. The normalized spacial score (nSPS) is 13.2. The largest absolute Gasteiger partial charge is 0.310 e. The minimum Gasteiger partial charge on any atom is -0.310 e. The van der Waals surface area contributed by atoms with Crippen molar-refractivity contribution in [1.82, 2.24) is 4.57 Å². The SMILES string of the molecule is c1ccc(-n2c3ccccc3c3cc(N(c4ccc5ccc6ccccc6c5c4)c4cccc5c4-c4ccccc4C54c5ccccc5-c5ccccc54)ccc32)cc1. The lowest BCUT2D eigenvalue weighted by Gasteiger charge is -2.32. The van der Waals surface area contributed by atoms with Crippen LogP contribution in [0.25, 0.3) is 71.3 Å². The van der Waals surface area contributed by atoms with Gasteiger partial charge in [0.2, 0.25) is 0 Å². The Hall–Kier alpha value is -7.68. The number of fused-ring (bicyclic) bond motifs is 16. The molecule has 2 nitrogen and oxygen atoms in total. The first-order chi connectivity index (χ1) is 29.3. The lowest BCUT2D eigenvalue weighted by Crippen LogP contribution is -2.26. The van der Waals surface area contributed by atoms with Gasteiger partial charge in [0.05, 0.1) is 22.1 Å². The molecule has 59 heavy (non-hydrogen) atoms. The van der Waals surface area contributed by atoms with Gasteiger partial charge >= 0.3 is 0 Å². The highest BCUT2D eigenvalue weighted by Gasteiger charge is 2.52. The fraction of sp³-hybridized carbons (Fsp3) is 0.0175. The second kappa shape index (κ2) is 12.2. The van der Waals surface area contributed by atoms with Gasteiger partial charge in [0.1, 0.15) is 0 Å². The molecule has 1 aromatic heterocycles. The van der Waals surface area contributed by atoms with Crippen molar-refractivity contribution in [3.8, 4) is 27.9 Å². The van der Waals surface area contributed by atoms with E-state index in [0.29, 0.717) is 0 Å². The first-order valence-electron chi connectivity index (χ1n) is 20.5. The van der Waals surface area contributed by atoms with E-state index in [-0.39, 0.29) is 0 Å². The average molecular weight is 749 g/mol. The molecule has 0 saturated heterocycles. The van der Waals surface area contributed by atoms with Gasteiger partial charge in [0.25, 0.3) is 0 Å². The lowest BCUT2D eigenvalue weighted by molar-refractivity contribution is 0.794. The van der Waals surface area contributed by atoms with Gasteiger partial charge < -0.3 is 9.47 Å². The molecule has 13 rings (SSSR count). The second-order valence-electron chi connectivity index (χ2n) is 16.0. The van der Waals surface area contributed by atoms with Crippen LogP contribution in [0.1, 0.15) is 22.3 Å². The maximum absolute atomic E-state index is 2.52. The van der Waals surface area contributed by atoms with Gasteiger partial charge in [-0.1, -0.05) is 164 Å². The van der Waals surface area contributed by atoms with Crippen LogP contribution in [-0.4, -0.2) is 4.57 Å². The highest BCUT2D eigenvalue weighted by atomic mass is 15.1. The van der Waals surface area contributed by atoms with Gasteiger partial charge in [0, 0.05) is 33.4 Å². The molecule has 1 spiro atoms. The number of anilines is 3. The number of hydrogen-bond acceptors (Lipinski definition) is 1. The van der Waals surface area contributed by atoms with Gasteiger partial charge in [-0.2, -0.15) is 0 Å². The fourth-order valence-electron chi connectivity index (χ4n) is 10.8. The van der Waals surface area contributed by atoms with E-state index in [4.69, 9.17) is 0 Å². The van der Waals surface area contributed by atoms with Gasteiger partial charge in [0.15, 0.2) is 0 Å². The molecule has 0 saturated carbocycles. The fourth-order valence-corrected chi connectivity index (χ4v) is 10.8. The molecule has 274 valence electrons. The van der Waals surface area contributed by atoms with E-state index < -0.39 is 5.41 Å². The standard InChI is InChI=1S/C57H36N2/c1-2-16-39(17-3-1)59-53-27-13-9-21-45(53)48-36-41(33-34-54(48)59)58(40-32-31-38-30-29-37-15-4-5-18-42(37)47(38)35-40)55-28-14-26-52-56(55)46-22-8-12-25-51(46)57(52)49-23-10-6-19-43(49)44-20-7-11-24-50(44)57/h1-36H. The molecule has 2 aliphatic carbocycles. The molecule has 0 atom stereocenters. The highest BCUT2D eigenvalue weighted by Crippen LogP contribution is 2.64. The van der Waals surface area contributed by atoms with Gasteiger partial charge in [-0.05, 0) is 115 Å². The maximum atomic E-state index is 2.52. The Bertz CT molecular complexity index is 3470. The first-order valence-corrected chi connectivity index (χ1v) is 20.5. The summed E-state index contributed by atoms with van der Waals surface area (Å²) in [5, 5.41) is 7.44. The summed E-state index contributed by atoms with van der Waals surface area (Å²) in [5.41, 5.74) is 17.1. The Morgan fingerprint density at radius 3 is 1.63 bits per heavy atom. The Balaban J connectivity index is 1.13. The Morgan fingerprint density at radius 2 is 0.864 bits per heavy atom. The predicted molar refractivity (Wildman–Crippen MR) is 247 cm³/mol. The Kier molecular flexibility index (Phi) is 6.68.